The van der Waals surface area contributed by atoms with Crippen molar-refractivity contribution in [3.05, 3.63) is 35.4 Å². The Morgan fingerprint density at radius 3 is 2.30 bits per heavy atom. The van der Waals surface area contributed by atoms with Crippen molar-refractivity contribution in [3.63, 3.8) is 0 Å². The molecule has 1 atom stereocenters. The second kappa shape index (κ2) is 8.90. The molecule has 0 unspecified atom stereocenters. The van der Waals surface area contributed by atoms with Crippen LogP contribution in [0.3, 0.4) is 0 Å². The van der Waals surface area contributed by atoms with Crippen molar-refractivity contribution >= 4 is 6.03 Å². The molecule has 0 bridgehead atoms. The van der Waals surface area contributed by atoms with Gasteiger partial charge in [0.05, 0.1) is 6.04 Å². The fraction of sp³-hybridized carbons (Fsp3) is 0.731. The summed E-state index contributed by atoms with van der Waals surface area (Å²) in [5, 5.41) is 3.40. The summed E-state index contributed by atoms with van der Waals surface area (Å²) in [5.41, 5.74) is 3.42. The fourth-order valence-corrected chi connectivity index (χ4v) is 5.48. The molecule has 30 heavy (non-hydrogen) atoms. The average molecular weight is 414 g/mol. The highest BCUT2D eigenvalue weighted by atomic mass is 16.2. The summed E-state index contributed by atoms with van der Waals surface area (Å²) < 4.78 is 0. The lowest BCUT2D eigenvalue weighted by Gasteiger charge is -2.41. The van der Waals surface area contributed by atoms with Gasteiger partial charge in [0.15, 0.2) is 0 Å². The quantitative estimate of drug-likeness (QED) is 0.669. The van der Waals surface area contributed by atoms with E-state index < -0.39 is 0 Å². The molecule has 1 spiro atoms. The van der Waals surface area contributed by atoms with Gasteiger partial charge < -0.3 is 15.1 Å². The number of benzene rings is 1. The molecule has 1 aliphatic carbocycles. The van der Waals surface area contributed by atoms with Crippen LogP contribution in [-0.2, 0) is 5.41 Å². The Morgan fingerprint density at radius 1 is 1.13 bits per heavy atom. The standard InChI is InChI=1S/C26H43N3O/c1-19(2)29(20(3)4)24(30)27-23-18-26(22-11-9-8-10-21(22)23)13-16-28(17-14-26)15-12-25(5,6)7/h8-11,19-20,23H,12-18H2,1-7H3,(H,27,30)/t23-/m0/s1. The van der Waals surface area contributed by atoms with Crippen LogP contribution in [0.15, 0.2) is 24.3 Å². The molecule has 1 fully saturated rings. The molecule has 4 heteroatoms. The number of nitrogens with one attached hydrogen (secondary N) is 1. The van der Waals surface area contributed by atoms with E-state index in [-0.39, 0.29) is 29.6 Å². The number of hydrogen-bond donors (Lipinski definition) is 1. The fourth-order valence-electron chi connectivity index (χ4n) is 5.48. The normalized spacial score (nSPS) is 21.3. The maximum absolute atomic E-state index is 13.1. The largest absolute Gasteiger partial charge is 0.331 e. The Morgan fingerprint density at radius 2 is 1.73 bits per heavy atom. The van der Waals surface area contributed by atoms with E-state index in [0.29, 0.717) is 5.41 Å². The smallest absolute Gasteiger partial charge is 0.318 e. The Bertz CT molecular complexity index is 718. The Hall–Kier alpha value is -1.55. The summed E-state index contributed by atoms with van der Waals surface area (Å²) in [5.74, 6) is 0. The Balaban J connectivity index is 1.72. The van der Waals surface area contributed by atoms with Crippen LogP contribution in [0.1, 0.15) is 91.3 Å². The van der Waals surface area contributed by atoms with E-state index in [0.717, 1.165) is 19.5 Å². The van der Waals surface area contributed by atoms with E-state index in [9.17, 15) is 4.79 Å². The lowest BCUT2D eigenvalue weighted by Crippen LogP contribution is -2.49. The zero-order chi connectivity index (χ0) is 22.1. The van der Waals surface area contributed by atoms with Crippen molar-refractivity contribution in [2.75, 3.05) is 19.6 Å². The molecule has 0 saturated carbocycles. The molecule has 168 valence electrons. The molecule has 1 N–H and O–H groups in total. The first-order valence-corrected chi connectivity index (χ1v) is 11.9. The van der Waals surface area contributed by atoms with E-state index in [4.69, 9.17) is 0 Å². The molecular weight excluding hydrogens is 370 g/mol. The highest BCUT2D eigenvalue weighted by molar-refractivity contribution is 5.75. The summed E-state index contributed by atoms with van der Waals surface area (Å²) in [6.45, 7) is 18.9. The molecule has 3 rings (SSSR count). The van der Waals surface area contributed by atoms with Gasteiger partial charge in [0.1, 0.15) is 0 Å². The molecule has 1 saturated heterocycles. The van der Waals surface area contributed by atoms with Crippen molar-refractivity contribution in [3.8, 4) is 0 Å². The average Bonchev–Trinajstić information content (AvgIpc) is 2.94. The lowest BCUT2D eigenvalue weighted by molar-refractivity contribution is 0.135. The van der Waals surface area contributed by atoms with Crippen LogP contribution in [-0.4, -0.2) is 47.5 Å². The maximum Gasteiger partial charge on any atom is 0.318 e. The number of fused-ring (bicyclic) bond motifs is 2. The molecule has 1 aromatic carbocycles. The first kappa shape index (κ1) is 23.1. The third-order valence-corrected chi connectivity index (χ3v) is 7.14. The van der Waals surface area contributed by atoms with Gasteiger partial charge in [0, 0.05) is 17.5 Å². The summed E-state index contributed by atoms with van der Waals surface area (Å²) >= 11 is 0. The van der Waals surface area contributed by atoms with E-state index in [1.165, 1.54) is 36.9 Å². The molecular formula is C26H43N3O. The van der Waals surface area contributed by atoms with Gasteiger partial charge in [-0.3, -0.25) is 0 Å². The number of likely N-dealkylation sites (tertiary alicyclic amines) is 1. The Kier molecular flexibility index (Phi) is 6.86. The highest BCUT2D eigenvalue weighted by Gasteiger charge is 2.46. The SMILES string of the molecule is CC(C)N(C(=O)N[C@H]1CC2(CCN(CCC(C)(C)C)CC2)c2ccccc21)C(C)C. The number of piperidine rings is 1. The van der Waals surface area contributed by atoms with Crippen molar-refractivity contribution in [2.45, 2.75) is 97.7 Å². The second-order valence-corrected chi connectivity index (χ2v) is 11.3. The van der Waals surface area contributed by atoms with Crippen molar-refractivity contribution in [2.24, 2.45) is 5.41 Å². The van der Waals surface area contributed by atoms with Gasteiger partial charge >= 0.3 is 6.03 Å². The molecule has 1 aromatic rings. The van der Waals surface area contributed by atoms with Gasteiger partial charge in [-0.25, -0.2) is 4.79 Å². The first-order chi connectivity index (χ1) is 14.0. The summed E-state index contributed by atoms with van der Waals surface area (Å²) in [4.78, 5) is 17.7. The Labute approximate surface area is 184 Å². The number of nitrogens with zero attached hydrogens (tertiary/aromatic N) is 2. The van der Waals surface area contributed by atoms with E-state index in [1.807, 2.05) is 4.90 Å². The minimum Gasteiger partial charge on any atom is -0.331 e. The summed E-state index contributed by atoms with van der Waals surface area (Å²) in [6, 6.07) is 9.42. The van der Waals surface area contributed by atoms with Gasteiger partial charge in [-0.1, -0.05) is 45.0 Å². The summed E-state index contributed by atoms with van der Waals surface area (Å²) in [7, 11) is 0. The third-order valence-electron chi connectivity index (χ3n) is 7.14. The zero-order valence-corrected chi connectivity index (χ0v) is 20.3. The van der Waals surface area contributed by atoms with E-state index >= 15 is 0 Å². The van der Waals surface area contributed by atoms with Crippen LogP contribution < -0.4 is 5.32 Å². The van der Waals surface area contributed by atoms with Crippen LogP contribution in [0.2, 0.25) is 0 Å². The summed E-state index contributed by atoms with van der Waals surface area (Å²) in [6.07, 6.45) is 4.67. The van der Waals surface area contributed by atoms with Crippen LogP contribution in [0.5, 0.6) is 0 Å². The predicted octanol–water partition coefficient (Wildman–Crippen LogP) is 5.73. The van der Waals surface area contributed by atoms with Gasteiger partial charge in [-0.15, -0.1) is 0 Å². The lowest BCUT2D eigenvalue weighted by atomic mass is 9.73. The third kappa shape index (κ3) is 5.01. The van der Waals surface area contributed by atoms with E-state index in [1.54, 1.807) is 0 Å². The minimum absolute atomic E-state index is 0.0690. The second-order valence-electron chi connectivity index (χ2n) is 11.3. The molecule has 0 radical (unpaired) electrons. The van der Waals surface area contributed by atoms with Crippen LogP contribution >= 0.6 is 0 Å². The predicted molar refractivity (Wildman–Crippen MR) is 126 cm³/mol. The van der Waals surface area contributed by atoms with E-state index in [2.05, 4.69) is 82.9 Å². The molecule has 0 aromatic heterocycles. The molecule has 4 nitrogen and oxygen atoms in total. The molecule has 1 heterocycles. The van der Waals surface area contributed by atoms with Gasteiger partial charge in [0.2, 0.25) is 0 Å². The topological polar surface area (TPSA) is 35.6 Å². The van der Waals surface area contributed by atoms with Crippen LogP contribution in [0.25, 0.3) is 0 Å². The van der Waals surface area contributed by atoms with Gasteiger partial charge in [-0.2, -0.15) is 0 Å². The zero-order valence-electron chi connectivity index (χ0n) is 20.3. The number of carbonyl (C=O) groups is 1. The first-order valence-electron chi connectivity index (χ1n) is 11.9. The number of hydrogen-bond acceptors (Lipinski definition) is 2. The maximum atomic E-state index is 13.1. The number of carbonyl (C=O) groups excluding carboxylic acids is 1. The molecule has 2 aliphatic rings. The number of rotatable bonds is 5. The number of urea groups is 1. The van der Waals surface area contributed by atoms with Crippen molar-refractivity contribution < 1.29 is 4.79 Å². The van der Waals surface area contributed by atoms with Gasteiger partial charge in [0.25, 0.3) is 0 Å². The molecule has 1 aliphatic heterocycles. The van der Waals surface area contributed by atoms with Crippen LogP contribution in [0.4, 0.5) is 4.79 Å². The molecule has 2 amide bonds. The van der Waals surface area contributed by atoms with Crippen LogP contribution in [0, 0.1) is 5.41 Å². The van der Waals surface area contributed by atoms with Crippen molar-refractivity contribution in [1.82, 2.24) is 15.1 Å². The number of amides is 2. The minimum atomic E-state index is 0.0690. The monoisotopic (exact) mass is 413 g/mol. The highest BCUT2D eigenvalue weighted by Crippen LogP contribution is 2.50. The van der Waals surface area contributed by atoms with Crippen molar-refractivity contribution in [1.29, 1.82) is 0 Å². The van der Waals surface area contributed by atoms with Gasteiger partial charge in [-0.05, 0) is 89.6 Å².